The summed E-state index contributed by atoms with van der Waals surface area (Å²) in [5.74, 6) is -8.86. The molecule has 1 aliphatic rings. The molecule has 0 aromatic heterocycles. The molecule has 3 amide bonds. The fraction of sp³-hybridized carbons (Fsp3) is 0.179. The molecule has 0 unspecified atom stereocenters. The van der Waals surface area contributed by atoms with E-state index in [1.807, 2.05) is 5.32 Å². The lowest BCUT2D eigenvalue weighted by atomic mass is 10.0. The highest BCUT2D eigenvalue weighted by Crippen LogP contribution is 2.65. The lowest BCUT2D eigenvalue weighted by Gasteiger charge is -2.13. The summed E-state index contributed by atoms with van der Waals surface area (Å²) in [5.41, 5.74) is -3.23. The Kier molecular flexibility index (Phi) is 9.05. The second-order valence-electron chi connectivity index (χ2n) is 9.28. The monoisotopic (exact) mass is 663 g/mol. The molecule has 3 aromatic rings. The second-order valence-corrected chi connectivity index (χ2v) is 11.1. The van der Waals surface area contributed by atoms with Crippen LogP contribution in [0.3, 0.4) is 0 Å². The highest BCUT2D eigenvalue weighted by atomic mass is 35.5. The van der Waals surface area contributed by atoms with E-state index in [0.717, 1.165) is 30.3 Å². The number of nitrogens with one attached hydrogen (secondary N) is 3. The van der Waals surface area contributed by atoms with E-state index in [-0.39, 0.29) is 21.8 Å². The van der Waals surface area contributed by atoms with E-state index in [0.29, 0.717) is 12.1 Å². The van der Waals surface area contributed by atoms with E-state index in [1.165, 1.54) is 25.1 Å². The standard InChI is InChI=1S/C28H18Cl3F6N3O3/c1-2-3-20(41)40-24-18(33)8-9-19(23(24)34)39-25(42)14-11-13(5-6-16(14)29)38-26(43)22-21(27(22,30)31)12-4-7-17(32)15(10-12)28(35,36)37/h2-11,21-22H,1H3,(H,38,43)(H,39,42)(H,40,41)/b3-2+/t21-,22+/m0/s1. The van der Waals surface area contributed by atoms with Crippen molar-refractivity contribution in [2.24, 2.45) is 5.92 Å². The van der Waals surface area contributed by atoms with Gasteiger partial charge in [-0.05, 0) is 61.0 Å². The van der Waals surface area contributed by atoms with Gasteiger partial charge in [0.1, 0.15) is 21.7 Å². The Morgan fingerprint density at radius 1 is 0.907 bits per heavy atom. The number of anilines is 3. The zero-order valence-corrected chi connectivity index (χ0v) is 23.8. The third kappa shape index (κ3) is 6.76. The van der Waals surface area contributed by atoms with Gasteiger partial charge in [0.25, 0.3) is 5.91 Å². The van der Waals surface area contributed by atoms with Crippen molar-refractivity contribution >= 4 is 69.6 Å². The fourth-order valence-corrected chi connectivity index (χ4v) is 5.32. The van der Waals surface area contributed by atoms with E-state index in [1.54, 1.807) is 0 Å². The molecular formula is C28H18Cl3F6N3O3. The molecule has 0 heterocycles. The summed E-state index contributed by atoms with van der Waals surface area (Å²) in [6, 6.07) is 7.55. The molecular weight excluding hydrogens is 647 g/mol. The van der Waals surface area contributed by atoms with Crippen LogP contribution in [-0.2, 0) is 15.8 Å². The molecule has 6 nitrogen and oxygen atoms in total. The Balaban J connectivity index is 1.53. The van der Waals surface area contributed by atoms with Gasteiger partial charge in [-0.25, -0.2) is 13.2 Å². The zero-order chi connectivity index (χ0) is 31.9. The molecule has 0 spiro atoms. The van der Waals surface area contributed by atoms with E-state index < -0.39 is 74.5 Å². The normalized spacial score (nSPS) is 17.4. The number of halogens is 9. The Labute approximate surface area is 255 Å². The third-order valence-corrected chi connectivity index (χ3v) is 7.64. The summed E-state index contributed by atoms with van der Waals surface area (Å²) < 4.78 is 80.5. The molecule has 1 saturated carbocycles. The van der Waals surface area contributed by atoms with Gasteiger partial charge in [-0.2, -0.15) is 13.2 Å². The van der Waals surface area contributed by atoms with Gasteiger partial charge < -0.3 is 16.0 Å². The van der Waals surface area contributed by atoms with Crippen molar-refractivity contribution in [3.05, 3.63) is 99.8 Å². The van der Waals surface area contributed by atoms with Crippen molar-refractivity contribution in [1.29, 1.82) is 0 Å². The van der Waals surface area contributed by atoms with Crippen LogP contribution in [0.25, 0.3) is 0 Å². The summed E-state index contributed by atoms with van der Waals surface area (Å²) >= 11 is 18.5. The molecule has 1 fully saturated rings. The van der Waals surface area contributed by atoms with Crippen LogP contribution >= 0.6 is 34.8 Å². The molecule has 0 aliphatic heterocycles. The van der Waals surface area contributed by atoms with Gasteiger partial charge in [0.2, 0.25) is 11.8 Å². The molecule has 43 heavy (non-hydrogen) atoms. The summed E-state index contributed by atoms with van der Waals surface area (Å²) in [6.07, 6.45) is -2.61. The first kappa shape index (κ1) is 32.2. The topological polar surface area (TPSA) is 87.3 Å². The summed E-state index contributed by atoms with van der Waals surface area (Å²) in [5, 5.41) is 6.55. The van der Waals surface area contributed by atoms with Gasteiger partial charge in [0.15, 0.2) is 5.82 Å². The number of benzene rings is 3. The lowest BCUT2D eigenvalue weighted by molar-refractivity contribution is -0.140. The van der Waals surface area contributed by atoms with Gasteiger partial charge in [-0.15, -0.1) is 23.2 Å². The predicted octanol–water partition coefficient (Wildman–Crippen LogP) is 8.07. The number of hydrogen-bond acceptors (Lipinski definition) is 3. The average Bonchev–Trinajstić information content (AvgIpc) is 3.50. The number of allylic oxidation sites excluding steroid dienone is 1. The molecule has 3 aromatic carbocycles. The molecule has 0 saturated heterocycles. The van der Waals surface area contributed by atoms with E-state index >= 15 is 0 Å². The van der Waals surface area contributed by atoms with Crippen LogP contribution in [0.4, 0.5) is 43.4 Å². The average molecular weight is 665 g/mol. The zero-order valence-electron chi connectivity index (χ0n) is 21.6. The number of alkyl halides is 5. The van der Waals surface area contributed by atoms with Gasteiger partial charge in [0, 0.05) is 11.6 Å². The largest absolute Gasteiger partial charge is 0.419 e. The fourth-order valence-electron chi connectivity index (χ4n) is 4.29. The smallest absolute Gasteiger partial charge is 0.326 e. The van der Waals surface area contributed by atoms with Crippen molar-refractivity contribution < 1.29 is 40.7 Å². The number of carbonyl (C=O) groups is 3. The highest BCUT2D eigenvalue weighted by Gasteiger charge is 2.67. The van der Waals surface area contributed by atoms with Crippen LogP contribution in [0.1, 0.15) is 34.3 Å². The Bertz CT molecular complexity index is 1660. The van der Waals surface area contributed by atoms with Crippen LogP contribution in [0, 0.1) is 23.4 Å². The van der Waals surface area contributed by atoms with Crippen LogP contribution in [0.2, 0.25) is 5.02 Å². The van der Waals surface area contributed by atoms with Crippen molar-refractivity contribution in [3.63, 3.8) is 0 Å². The third-order valence-electron chi connectivity index (χ3n) is 6.38. The highest BCUT2D eigenvalue weighted by molar-refractivity contribution is 6.53. The first-order valence-electron chi connectivity index (χ1n) is 12.1. The number of carbonyl (C=O) groups excluding carboxylic acids is 3. The molecule has 2 atom stereocenters. The molecule has 15 heteroatoms. The van der Waals surface area contributed by atoms with Crippen molar-refractivity contribution in [2.75, 3.05) is 16.0 Å². The van der Waals surface area contributed by atoms with Gasteiger partial charge >= 0.3 is 6.18 Å². The number of amides is 3. The molecule has 4 rings (SSSR count). The molecule has 226 valence electrons. The minimum atomic E-state index is -4.99. The first-order valence-corrected chi connectivity index (χ1v) is 13.3. The summed E-state index contributed by atoms with van der Waals surface area (Å²) in [6.45, 7) is 1.52. The maximum atomic E-state index is 14.9. The summed E-state index contributed by atoms with van der Waals surface area (Å²) in [7, 11) is 0. The van der Waals surface area contributed by atoms with Crippen LogP contribution in [0.15, 0.2) is 60.7 Å². The van der Waals surface area contributed by atoms with E-state index in [9.17, 15) is 40.7 Å². The SMILES string of the molecule is C/C=C/C(=O)Nc1c(F)ccc(NC(=O)c2cc(NC(=O)[C@H]3[C@H](c4ccc(F)c(C(F)(F)F)c4)C3(Cl)Cl)ccc2Cl)c1F. The summed E-state index contributed by atoms with van der Waals surface area (Å²) in [4.78, 5) is 37.7. The van der Waals surface area contributed by atoms with E-state index in [4.69, 9.17) is 34.8 Å². The number of rotatable bonds is 7. The molecule has 0 bridgehead atoms. The Hall–Kier alpha value is -3.74. The maximum absolute atomic E-state index is 14.9. The first-order chi connectivity index (χ1) is 20.1. The maximum Gasteiger partial charge on any atom is 0.419 e. The second kappa shape index (κ2) is 12.1. The van der Waals surface area contributed by atoms with Gasteiger partial charge in [-0.1, -0.05) is 23.7 Å². The van der Waals surface area contributed by atoms with Crippen LogP contribution < -0.4 is 16.0 Å². The molecule has 3 N–H and O–H groups in total. The minimum Gasteiger partial charge on any atom is -0.326 e. The Morgan fingerprint density at radius 2 is 1.58 bits per heavy atom. The predicted molar refractivity (Wildman–Crippen MR) is 150 cm³/mol. The Morgan fingerprint density at radius 3 is 2.23 bits per heavy atom. The van der Waals surface area contributed by atoms with Gasteiger partial charge in [0.05, 0.1) is 27.8 Å². The minimum absolute atomic E-state index is 0.0108. The van der Waals surface area contributed by atoms with Crippen LogP contribution in [0.5, 0.6) is 0 Å². The van der Waals surface area contributed by atoms with Gasteiger partial charge in [-0.3, -0.25) is 14.4 Å². The van der Waals surface area contributed by atoms with Crippen molar-refractivity contribution in [3.8, 4) is 0 Å². The lowest BCUT2D eigenvalue weighted by Crippen LogP contribution is -2.19. The van der Waals surface area contributed by atoms with E-state index in [2.05, 4.69) is 10.6 Å². The molecule has 0 radical (unpaired) electrons. The van der Waals surface area contributed by atoms with Crippen molar-refractivity contribution in [2.45, 2.75) is 23.4 Å². The number of hydrogen-bond donors (Lipinski definition) is 3. The quantitative estimate of drug-likeness (QED) is 0.136. The molecule has 1 aliphatic carbocycles. The van der Waals surface area contributed by atoms with Crippen molar-refractivity contribution in [1.82, 2.24) is 0 Å². The van der Waals surface area contributed by atoms with Crippen LogP contribution in [-0.4, -0.2) is 22.1 Å².